The third kappa shape index (κ3) is 5.25. The van der Waals surface area contributed by atoms with Crippen molar-refractivity contribution < 1.29 is 9.32 Å². The van der Waals surface area contributed by atoms with Gasteiger partial charge in [0, 0.05) is 24.6 Å². The van der Waals surface area contributed by atoms with Crippen LogP contribution in [0.25, 0.3) is 0 Å². The van der Waals surface area contributed by atoms with Crippen LogP contribution in [-0.4, -0.2) is 30.7 Å². The summed E-state index contributed by atoms with van der Waals surface area (Å²) in [6.07, 6.45) is 0.937. The molecule has 0 aliphatic rings. The van der Waals surface area contributed by atoms with Crippen LogP contribution in [0.5, 0.6) is 0 Å². The van der Waals surface area contributed by atoms with Crippen LogP contribution in [0.4, 0.5) is 0 Å². The molecule has 1 aromatic rings. The van der Waals surface area contributed by atoms with E-state index in [0.29, 0.717) is 19.4 Å². The first kappa shape index (κ1) is 17.2. The van der Waals surface area contributed by atoms with E-state index < -0.39 is 0 Å². The van der Waals surface area contributed by atoms with Gasteiger partial charge in [-0.3, -0.25) is 4.79 Å². The molecule has 1 aromatic heterocycles. The largest absolute Gasteiger partial charge is 0.355 e. The Labute approximate surface area is 118 Å². The van der Waals surface area contributed by atoms with Gasteiger partial charge in [0.2, 0.25) is 11.1 Å². The van der Waals surface area contributed by atoms with Crippen molar-refractivity contribution >= 4 is 29.9 Å². The summed E-state index contributed by atoms with van der Waals surface area (Å²) >= 11 is 5.81. The van der Waals surface area contributed by atoms with Gasteiger partial charge in [0.15, 0.2) is 0 Å². The average Bonchev–Trinajstić information content (AvgIpc) is 2.63. The highest BCUT2D eigenvalue weighted by Crippen LogP contribution is 2.20. The van der Waals surface area contributed by atoms with Crippen molar-refractivity contribution in [1.82, 2.24) is 15.8 Å². The molecular formula is C11H19Cl2N3O2. The highest BCUT2D eigenvalue weighted by molar-refractivity contribution is 6.29. The Kier molecular flexibility index (Phi) is 7.98. The Bertz CT molecular complexity index is 363. The molecule has 1 atom stereocenters. The Hall–Kier alpha value is -0.780. The lowest BCUT2D eigenvalue weighted by Gasteiger charge is -2.11. The van der Waals surface area contributed by atoms with E-state index in [1.54, 1.807) is 0 Å². The Morgan fingerprint density at radius 1 is 1.56 bits per heavy atom. The van der Waals surface area contributed by atoms with E-state index in [0.717, 1.165) is 11.3 Å². The first-order valence-electron chi connectivity index (χ1n) is 5.59. The van der Waals surface area contributed by atoms with Gasteiger partial charge in [-0.1, -0.05) is 5.16 Å². The zero-order valence-electron chi connectivity index (χ0n) is 10.7. The van der Waals surface area contributed by atoms with Gasteiger partial charge in [0.1, 0.15) is 0 Å². The zero-order chi connectivity index (χ0) is 12.8. The normalized spacial score (nSPS) is 11.8. The molecule has 0 bridgehead atoms. The van der Waals surface area contributed by atoms with Gasteiger partial charge in [-0.05, 0) is 38.9 Å². The molecule has 1 heterocycles. The van der Waals surface area contributed by atoms with E-state index in [-0.39, 0.29) is 29.6 Å². The summed E-state index contributed by atoms with van der Waals surface area (Å²) in [7, 11) is 1.86. The number of halogens is 2. The number of nitrogens with zero attached hydrogens (tertiary/aromatic N) is 1. The molecule has 1 amide bonds. The maximum Gasteiger partial charge on any atom is 0.229 e. The van der Waals surface area contributed by atoms with Gasteiger partial charge in [0.05, 0.1) is 5.69 Å². The second-order valence-corrected chi connectivity index (χ2v) is 4.36. The molecule has 0 aromatic carbocycles. The number of hydrogen-bond donors (Lipinski definition) is 2. The van der Waals surface area contributed by atoms with Crippen molar-refractivity contribution in [3.8, 4) is 0 Å². The number of aromatic nitrogens is 1. The van der Waals surface area contributed by atoms with Gasteiger partial charge in [0.25, 0.3) is 0 Å². The van der Waals surface area contributed by atoms with Crippen LogP contribution in [0.2, 0.25) is 5.22 Å². The van der Waals surface area contributed by atoms with Crippen molar-refractivity contribution in [3.63, 3.8) is 0 Å². The Morgan fingerprint density at radius 3 is 2.72 bits per heavy atom. The fourth-order valence-electron chi connectivity index (χ4n) is 1.34. The summed E-state index contributed by atoms with van der Waals surface area (Å²) < 4.78 is 4.82. The van der Waals surface area contributed by atoms with Crippen LogP contribution < -0.4 is 10.6 Å². The average molecular weight is 296 g/mol. The third-order valence-electron chi connectivity index (χ3n) is 2.64. The topological polar surface area (TPSA) is 67.2 Å². The van der Waals surface area contributed by atoms with E-state index in [1.807, 2.05) is 20.9 Å². The number of rotatable bonds is 6. The van der Waals surface area contributed by atoms with Crippen molar-refractivity contribution in [1.29, 1.82) is 0 Å². The maximum atomic E-state index is 11.5. The summed E-state index contributed by atoms with van der Waals surface area (Å²) in [4.78, 5) is 11.5. The van der Waals surface area contributed by atoms with E-state index in [9.17, 15) is 4.79 Å². The fourth-order valence-corrected chi connectivity index (χ4v) is 1.60. The highest BCUT2D eigenvalue weighted by atomic mass is 35.5. The summed E-state index contributed by atoms with van der Waals surface area (Å²) in [5.74, 6) is 0.00349. The van der Waals surface area contributed by atoms with E-state index in [4.69, 9.17) is 16.1 Å². The highest BCUT2D eigenvalue weighted by Gasteiger charge is 2.12. The van der Waals surface area contributed by atoms with Crippen LogP contribution in [0, 0.1) is 6.92 Å². The molecule has 0 aliphatic carbocycles. The number of nitrogens with one attached hydrogen (secondary N) is 2. The van der Waals surface area contributed by atoms with Gasteiger partial charge in [-0.25, -0.2) is 0 Å². The Morgan fingerprint density at radius 2 is 2.22 bits per heavy atom. The maximum absolute atomic E-state index is 11.5. The summed E-state index contributed by atoms with van der Waals surface area (Å²) in [5, 5.41) is 9.90. The lowest BCUT2D eigenvalue weighted by atomic mass is 10.1. The van der Waals surface area contributed by atoms with E-state index >= 15 is 0 Å². The summed E-state index contributed by atoms with van der Waals surface area (Å²) in [6, 6.07) is 0.264. The molecule has 0 saturated carbocycles. The summed E-state index contributed by atoms with van der Waals surface area (Å²) in [6.45, 7) is 4.43. The molecule has 0 radical (unpaired) electrons. The van der Waals surface area contributed by atoms with Gasteiger partial charge >= 0.3 is 0 Å². The number of hydrogen-bond acceptors (Lipinski definition) is 4. The SMILES string of the molecule is CNC(C)CNC(=O)CCc1c(C)noc1Cl.Cl. The van der Waals surface area contributed by atoms with E-state index in [2.05, 4.69) is 15.8 Å². The lowest BCUT2D eigenvalue weighted by molar-refractivity contribution is -0.121. The molecule has 18 heavy (non-hydrogen) atoms. The van der Waals surface area contributed by atoms with Gasteiger partial charge in [-0.2, -0.15) is 0 Å². The molecule has 2 N–H and O–H groups in total. The number of carbonyl (C=O) groups excluding carboxylic acids is 1. The predicted molar refractivity (Wildman–Crippen MR) is 73.4 cm³/mol. The minimum Gasteiger partial charge on any atom is -0.355 e. The quantitative estimate of drug-likeness (QED) is 0.838. The van der Waals surface area contributed by atoms with Gasteiger partial charge < -0.3 is 15.2 Å². The molecule has 7 heteroatoms. The van der Waals surface area contributed by atoms with Crippen LogP contribution >= 0.6 is 24.0 Å². The van der Waals surface area contributed by atoms with Crippen LogP contribution in [0.1, 0.15) is 24.6 Å². The summed E-state index contributed by atoms with van der Waals surface area (Å²) in [5.41, 5.74) is 1.55. The molecule has 0 spiro atoms. The number of carbonyl (C=O) groups is 1. The Balaban J connectivity index is 0.00000289. The predicted octanol–water partition coefficient (Wildman–Crippen LogP) is 1.71. The third-order valence-corrected chi connectivity index (χ3v) is 2.93. The molecular weight excluding hydrogens is 277 g/mol. The molecule has 1 unspecified atom stereocenters. The van der Waals surface area contributed by atoms with Gasteiger partial charge in [-0.15, -0.1) is 12.4 Å². The number of amides is 1. The number of likely N-dealkylation sites (N-methyl/N-ethyl adjacent to an activating group) is 1. The molecule has 1 rings (SSSR count). The second-order valence-electron chi connectivity index (χ2n) is 4.01. The van der Waals surface area contributed by atoms with Crippen molar-refractivity contribution in [2.24, 2.45) is 0 Å². The van der Waals surface area contributed by atoms with Crippen molar-refractivity contribution in [2.75, 3.05) is 13.6 Å². The van der Waals surface area contributed by atoms with E-state index in [1.165, 1.54) is 0 Å². The first-order chi connectivity index (χ1) is 8.04. The second kappa shape index (κ2) is 8.34. The minimum atomic E-state index is 0. The standard InChI is InChI=1S/C11H18ClN3O2.ClH/c1-7(13-3)6-14-10(16)5-4-9-8(2)15-17-11(9)12;/h7,13H,4-6H2,1-3H3,(H,14,16);1H. The molecule has 5 nitrogen and oxygen atoms in total. The monoisotopic (exact) mass is 295 g/mol. The van der Waals surface area contributed by atoms with Crippen LogP contribution in [0.3, 0.4) is 0 Å². The molecule has 0 aliphatic heterocycles. The lowest BCUT2D eigenvalue weighted by Crippen LogP contribution is -2.37. The van der Waals surface area contributed by atoms with Crippen LogP contribution in [0.15, 0.2) is 4.52 Å². The van der Waals surface area contributed by atoms with Crippen molar-refractivity contribution in [2.45, 2.75) is 32.7 Å². The molecule has 0 fully saturated rings. The number of aryl methyl sites for hydroxylation is 1. The minimum absolute atomic E-state index is 0. The van der Waals surface area contributed by atoms with Crippen LogP contribution in [-0.2, 0) is 11.2 Å². The van der Waals surface area contributed by atoms with Crippen molar-refractivity contribution in [3.05, 3.63) is 16.5 Å². The zero-order valence-corrected chi connectivity index (χ0v) is 12.3. The smallest absolute Gasteiger partial charge is 0.229 e. The first-order valence-corrected chi connectivity index (χ1v) is 5.97. The molecule has 104 valence electrons. The fraction of sp³-hybridized carbons (Fsp3) is 0.636. The molecule has 0 saturated heterocycles.